The molecule has 0 unspecified atom stereocenters. The van der Waals surface area contributed by atoms with Crippen LogP contribution in [-0.4, -0.2) is 16.8 Å². The van der Waals surface area contributed by atoms with E-state index in [1.165, 1.54) is 28.5 Å². The maximum atomic E-state index is 13.0. The van der Waals surface area contributed by atoms with Crippen molar-refractivity contribution in [2.24, 2.45) is 0 Å². The average Bonchev–Trinajstić information content (AvgIpc) is 3.25. The molecular formula is C25H19N3O2S. The van der Waals surface area contributed by atoms with Crippen LogP contribution in [0.25, 0.3) is 22.4 Å². The smallest absolute Gasteiger partial charge is 0.268 e. The van der Waals surface area contributed by atoms with Crippen LogP contribution in [0.2, 0.25) is 0 Å². The van der Waals surface area contributed by atoms with Crippen molar-refractivity contribution >= 4 is 50.7 Å². The summed E-state index contributed by atoms with van der Waals surface area (Å²) in [4.78, 5) is 30.0. The molecular weight excluding hydrogens is 406 g/mol. The van der Waals surface area contributed by atoms with Gasteiger partial charge < -0.3 is 0 Å². The number of rotatable bonds is 5. The van der Waals surface area contributed by atoms with Crippen molar-refractivity contribution in [2.45, 2.75) is 0 Å². The Balaban J connectivity index is 1.58. The third-order valence-corrected chi connectivity index (χ3v) is 5.38. The number of benzene rings is 3. The van der Waals surface area contributed by atoms with E-state index < -0.39 is 11.8 Å². The first-order valence-corrected chi connectivity index (χ1v) is 10.5. The number of hydrazine groups is 1. The number of carbonyl (C=O) groups excluding carboxylic acids is 2. The molecule has 3 aromatic carbocycles. The molecule has 0 aliphatic rings. The Bertz CT molecular complexity index is 1210. The predicted octanol–water partition coefficient (Wildman–Crippen LogP) is 5.09. The van der Waals surface area contributed by atoms with Gasteiger partial charge >= 0.3 is 0 Å². The number of aromatic nitrogens is 1. The number of thiazole rings is 1. The van der Waals surface area contributed by atoms with Crippen LogP contribution in [0.5, 0.6) is 0 Å². The molecule has 2 amide bonds. The Morgan fingerprint density at radius 3 is 2.00 bits per heavy atom. The van der Waals surface area contributed by atoms with E-state index in [1.54, 1.807) is 12.2 Å². The van der Waals surface area contributed by atoms with Gasteiger partial charge in [-0.15, -0.1) is 0 Å². The molecule has 4 rings (SSSR count). The van der Waals surface area contributed by atoms with Crippen molar-refractivity contribution in [1.29, 1.82) is 0 Å². The molecule has 0 bridgehead atoms. The SMILES string of the molecule is O=C(/C=C/c1ccccc1)NN(C(=O)/C=C/c1ccccc1)c1nc2ccccc2s1. The largest absolute Gasteiger partial charge is 0.271 e. The summed E-state index contributed by atoms with van der Waals surface area (Å²) in [5.41, 5.74) is 5.19. The zero-order valence-corrected chi connectivity index (χ0v) is 17.3. The van der Waals surface area contributed by atoms with Gasteiger partial charge in [-0.3, -0.25) is 15.0 Å². The number of amides is 2. The van der Waals surface area contributed by atoms with Gasteiger partial charge in [0.2, 0.25) is 5.13 Å². The first kappa shape index (κ1) is 20.3. The van der Waals surface area contributed by atoms with Gasteiger partial charge in [-0.1, -0.05) is 84.1 Å². The van der Waals surface area contributed by atoms with E-state index in [-0.39, 0.29) is 0 Å². The normalized spacial score (nSPS) is 11.2. The Labute approximate surface area is 184 Å². The Morgan fingerprint density at radius 2 is 1.35 bits per heavy atom. The van der Waals surface area contributed by atoms with Crippen molar-refractivity contribution < 1.29 is 9.59 Å². The number of hydrogen-bond acceptors (Lipinski definition) is 4. The third-order valence-electron chi connectivity index (χ3n) is 4.36. The molecule has 5 nitrogen and oxygen atoms in total. The lowest BCUT2D eigenvalue weighted by Gasteiger charge is -2.17. The molecule has 1 aromatic heterocycles. The van der Waals surface area contributed by atoms with Gasteiger partial charge in [-0.2, -0.15) is 5.01 Å². The van der Waals surface area contributed by atoms with E-state index in [2.05, 4.69) is 10.4 Å². The van der Waals surface area contributed by atoms with Gasteiger partial charge in [-0.25, -0.2) is 4.98 Å². The summed E-state index contributed by atoms with van der Waals surface area (Å²) in [6, 6.07) is 26.6. The minimum absolute atomic E-state index is 0.394. The minimum atomic E-state index is -0.426. The van der Waals surface area contributed by atoms with E-state index in [0.29, 0.717) is 5.13 Å². The molecule has 0 fully saturated rings. The number of fused-ring (bicyclic) bond motifs is 1. The van der Waals surface area contributed by atoms with Crippen LogP contribution in [-0.2, 0) is 9.59 Å². The molecule has 0 saturated carbocycles. The Morgan fingerprint density at radius 1 is 0.774 bits per heavy atom. The molecule has 31 heavy (non-hydrogen) atoms. The van der Waals surface area contributed by atoms with Crippen LogP contribution in [0.3, 0.4) is 0 Å². The van der Waals surface area contributed by atoms with E-state index >= 15 is 0 Å². The summed E-state index contributed by atoms with van der Waals surface area (Å²) in [6.45, 7) is 0. The second-order valence-electron chi connectivity index (χ2n) is 6.60. The fourth-order valence-electron chi connectivity index (χ4n) is 2.84. The van der Waals surface area contributed by atoms with Crippen LogP contribution in [0, 0.1) is 0 Å². The summed E-state index contributed by atoms with van der Waals surface area (Å²) < 4.78 is 0.927. The van der Waals surface area contributed by atoms with Crippen LogP contribution in [0.1, 0.15) is 11.1 Å². The van der Waals surface area contributed by atoms with Gasteiger partial charge in [-0.05, 0) is 35.4 Å². The lowest BCUT2D eigenvalue weighted by molar-refractivity contribution is -0.121. The number of nitrogens with one attached hydrogen (secondary N) is 1. The van der Waals surface area contributed by atoms with E-state index in [0.717, 1.165) is 21.3 Å². The van der Waals surface area contributed by atoms with Crippen molar-refractivity contribution in [3.8, 4) is 0 Å². The zero-order valence-electron chi connectivity index (χ0n) is 16.5. The molecule has 1 N–H and O–H groups in total. The predicted molar refractivity (Wildman–Crippen MR) is 126 cm³/mol. The monoisotopic (exact) mass is 425 g/mol. The molecule has 4 aromatic rings. The number of para-hydroxylation sites is 1. The summed E-state index contributed by atoms with van der Waals surface area (Å²) >= 11 is 1.33. The second kappa shape index (κ2) is 9.65. The van der Waals surface area contributed by atoms with Gasteiger partial charge in [0.1, 0.15) is 0 Å². The summed E-state index contributed by atoms with van der Waals surface area (Å²) in [6.07, 6.45) is 6.21. The highest BCUT2D eigenvalue weighted by atomic mass is 32.1. The molecule has 0 aliphatic carbocycles. The molecule has 0 atom stereocenters. The minimum Gasteiger partial charge on any atom is -0.268 e. The molecule has 6 heteroatoms. The number of nitrogens with zero attached hydrogens (tertiary/aromatic N) is 2. The Hall–Kier alpha value is -4.03. The molecule has 152 valence electrons. The van der Waals surface area contributed by atoms with Crippen molar-refractivity contribution in [2.75, 3.05) is 5.01 Å². The quantitative estimate of drug-likeness (QED) is 0.358. The molecule has 0 radical (unpaired) electrons. The third kappa shape index (κ3) is 5.32. The summed E-state index contributed by atoms with van der Waals surface area (Å²) in [5, 5.41) is 1.58. The summed E-state index contributed by atoms with van der Waals surface area (Å²) in [5.74, 6) is -0.825. The first-order valence-electron chi connectivity index (χ1n) is 9.65. The maximum Gasteiger partial charge on any atom is 0.271 e. The van der Waals surface area contributed by atoms with Gasteiger partial charge in [0.15, 0.2) is 0 Å². The van der Waals surface area contributed by atoms with Gasteiger partial charge in [0, 0.05) is 12.2 Å². The van der Waals surface area contributed by atoms with E-state index in [1.807, 2.05) is 84.9 Å². The van der Waals surface area contributed by atoms with E-state index in [4.69, 9.17) is 0 Å². The fourth-order valence-corrected chi connectivity index (χ4v) is 3.78. The average molecular weight is 426 g/mol. The van der Waals surface area contributed by atoms with Crippen LogP contribution in [0.4, 0.5) is 5.13 Å². The zero-order chi connectivity index (χ0) is 21.5. The lowest BCUT2D eigenvalue weighted by Crippen LogP contribution is -2.45. The number of anilines is 1. The molecule has 0 spiro atoms. The molecule has 0 saturated heterocycles. The lowest BCUT2D eigenvalue weighted by atomic mass is 10.2. The highest BCUT2D eigenvalue weighted by Gasteiger charge is 2.19. The maximum absolute atomic E-state index is 13.0. The van der Waals surface area contributed by atoms with Crippen molar-refractivity contribution in [1.82, 2.24) is 10.4 Å². The van der Waals surface area contributed by atoms with Crippen LogP contribution in [0.15, 0.2) is 97.1 Å². The fraction of sp³-hybridized carbons (Fsp3) is 0. The van der Waals surface area contributed by atoms with Gasteiger partial charge in [0.25, 0.3) is 11.8 Å². The van der Waals surface area contributed by atoms with Crippen LogP contribution < -0.4 is 10.4 Å². The standard InChI is InChI=1S/C25H19N3O2S/c29-23(17-15-19-9-3-1-4-10-19)27-28(24(30)18-16-20-11-5-2-6-12-20)25-26-21-13-7-8-14-22(21)31-25/h1-18H,(H,27,29)/b17-15+,18-16+. The first-order chi connectivity index (χ1) is 15.2. The van der Waals surface area contributed by atoms with Crippen LogP contribution >= 0.6 is 11.3 Å². The number of carbonyl (C=O) groups is 2. The highest BCUT2D eigenvalue weighted by Crippen LogP contribution is 2.28. The van der Waals surface area contributed by atoms with Crippen molar-refractivity contribution in [3.05, 3.63) is 108 Å². The molecule has 0 aliphatic heterocycles. The second-order valence-corrected chi connectivity index (χ2v) is 7.61. The van der Waals surface area contributed by atoms with Crippen molar-refractivity contribution in [3.63, 3.8) is 0 Å². The summed E-state index contributed by atoms with van der Waals surface area (Å²) in [7, 11) is 0. The Kier molecular flexibility index (Phi) is 6.30. The molecule has 1 heterocycles. The van der Waals surface area contributed by atoms with Gasteiger partial charge in [0.05, 0.1) is 10.2 Å². The number of hydrogen-bond donors (Lipinski definition) is 1. The highest BCUT2D eigenvalue weighted by molar-refractivity contribution is 7.22. The topological polar surface area (TPSA) is 62.3 Å². The van der Waals surface area contributed by atoms with E-state index in [9.17, 15) is 9.59 Å².